The van der Waals surface area contributed by atoms with Crippen LogP contribution >= 0.6 is 23.2 Å². The van der Waals surface area contributed by atoms with Gasteiger partial charge in [-0.15, -0.1) is 0 Å². The van der Waals surface area contributed by atoms with Gasteiger partial charge in [0, 0.05) is 7.11 Å². The van der Waals surface area contributed by atoms with Gasteiger partial charge in [-0.3, -0.25) is 0 Å². The highest BCUT2D eigenvalue weighted by atomic mass is 35.5. The summed E-state index contributed by atoms with van der Waals surface area (Å²) in [4.78, 5) is 10.6. The fourth-order valence-electron chi connectivity index (χ4n) is 1.04. The maximum atomic E-state index is 10.6. The lowest BCUT2D eigenvalue weighted by Crippen LogP contribution is -2.30. The van der Waals surface area contributed by atoms with Crippen molar-refractivity contribution in [3.05, 3.63) is 33.8 Å². The molecule has 0 unspecified atom stereocenters. The third kappa shape index (κ3) is 2.38. The van der Waals surface area contributed by atoms with Crippen molar-refractivity contribution in [1.29, 1.82) is 0 Å². The molecule has 1 rings (SSSR count). The molecule has 0 aliphatic carbocycles. The molecule has 1 atom stereocenters. The van der Waals surface area contributed by atoms with Gasteiger partial charge in [-0.25, -0.2) is 0 Å². The summed E-state index contributed by atoms with van der Waals surface area (Å²) in [6, 6.07) is 4.47. The summed E-state index contributed by atoms with van der Waals surface area (Å²) in [7, 11) is 1.28. The van der Waals surface area contributed by atoms with Crippen LogP contribution in [0.25, 0.3) is 0 Å². The molecule has 0 aliphatic heterocycles. The second-order valence-electron chi connectivity index (χ2n) is 2.61. The van der Waals surface area contributed by atoms with Crippen LogP contribution in [0, 0.1) is 0 Å². The number of hydrogen-bond acceptors (Lipinski definition) is 3. The van der Waals surface area contributed by atoms with Crippen molar-refractivity contribution in [2.75, 3.05) is 7.11 Å². The number of benzene rings is 1. The van der Waals surface area contributed by atoms with Crippen molar-refractivity contribution in [3.8, 4) is 0 Å². The first-order chi connectivity index (χ1) is 6.56. The molecule has 3 nitrogen and oxygen atoms in total. The van der Waals surface area contributed by atoms with Gasteiger partial charge in [0.2, 0.25) is 0 Å². The van der Waals surface area contributed by atoms with E-state index in [4.69, 9.17) is 27.9 Å². The molecule has 0 heterocycles. The van der Waals surface area contributed by atoms with E-state index in [9.17, 15) is 9.90 Å². The highest BCUT2D eigenvalue weighted by Crippen LogP contribution is 2.26. The number of halogens is 2. The van der Waals surface area contributed by atoms with Crippen LogP contribution in [0.15, 0.2) is 18.2 Å². The molecular weight excluding hydrogens is 227 g/mol. The Morgan fingerprint density at radius 3 is 2.50 bits per heavy atom. The van der Waals surface area contributed by atoms with Gasteiger partial charge in [0.25, 0.3) is 0 Å². The molecule has 0 saturated carbocycles. The molecule has 0 fully saturated rings. The number of rotatable bonds is 3. The SMILES string of the molecule is CO[C@H](C(=O)[O-])c1ccc(Cl)c(Cl)c1. The summed E-state index contributed by atoms with van der Waals surface area (Å²) in [6.07, 6.45) is -1.12. The summed E-state index contributed by atoms with van der Waals surface area (Å²) in [5.41, 5.74) is 0.405. The lowest BCUT2D eigenvalue weighted by atomic mass is 10.1. The minimum Gasteiger partial charge on any atom is -0.547 e. The molecule has 0 spiro atoms. The number of carboxylic acids is 1. The average molecular weight is 234 g/mol. The second kappa shape index (κ2) is 4.64. The number of ether oxygens (including phenoxy) is 1. The van der Waals surface area contributed by atoms with Crippen LogP contribution in [-0.2, 0) is 9.53 Å². The molecule has 0 amide bonds. The third-order valence-corrected chi connectivity index (χ3v) is 2.44. The maximum Gasteiger partial charge on any atom is 0.121 e. The predicted octanol–water partition coefficient (Wildman–Crippen LogP) is 1.43. The van der Waals surface area contributed by atoms with Crippen LogP contribution in [-0.4, -0.2) is 13.1 Å². The molecule has 0 saturated heterocycles. The Morgan fingerprint density at radius 1 is 1.43 bits per heavy atom. The smallest absolute Gasteiger partial charge is 0.121 e. The molecule has 76 valence electrons. The zero-order valence-corrected chi connectivity index (χ0v) is 8.80. The van der Waals surface area contributed by atoms with Gasteiger partial charge in [-0.2, -0.15) is 0 Å². The molecular formula is C9H7Cl2O3-. The first kappa shape index (κ1) is 11.3. The first-order valence-electron chi connectivity index (χ1n) is 3.75. The van der Waals surface area contributed by atoms with Crippen LogP contribution in [0.1, 0.15) is 11.7 Å². The van der Waals surface area contributed by atoms with Crippen LogP contribution in [0.3, 0.4) is 0 Å². The fraction of sp³-hybridized carbons (Fsp3) is 0.222. The fourth-order valence-corrected chi connectivity index (χ4v) is 1.35. The summed E-state index contributed by atoms with van der Waals surface area (Å²) in [6.45, 7) is 0. The van der Waals surface area contributed by atoms with E-state index in [-0.39, 0.29) is 5.02 Å². The molecule has 1 aromatic rings. The molecule has 5 heteroatoms. The lowest BCUT2D eigenvalue weighted by Gasteiger charge is -2.16. The van der Waals surface area contributed by atoms with Crippen molar-refractivity contribution in [2.45, 2.75) is 6.10 Å². The zero-order valence-electron chi connectivity index (χ0n) is 7.29. The van der Waals surface area contributed by atoms with Gasteiger partial charge in [0.05, 0.1) is 16.0 Å². The van der Waals surface area contributed by atoms with Crippen LogP contribution in [0.5, 0.6) is 0 Å². The quantitative estimate of drug-likeness (QED) is 0.794. The normalized spacial score (nSPS) is 12.5. The minimum atomic E-state index is -1.31. The topological polar surface area (TPSA) is 49.4 Å². The van der Waals surface area contributed by atoms with E-state index >= 15 is 0 Å². The summed E-state index contributed by atoms with van der Waals surface area (Å²) in [5.74, 6) is -1.31. The van der Waals surface area contributed by atoms with Gasteiger partial charge in [0.1, 0.15) is 6.10 Å². The molecule has 0 aromatic heterocycles. The second-order valence-corrected chi connectivity index (χ2v) is 3.42. The molecule has 0 radical (unpaired) electrons. The predicted molar refractivity (Wildman–Crippen MR) is 51.2 cm³/mol. The largest absolute Gasteiger partial charge is 0.547 e. The highest BCUT2D eigenvalue weighted by Gasteiger charge is 2.12. The van der Waals surface area contributed by atoms with Gasteiger partial charge in [0.15, 0.2) is 0 Å². The van der Waals surface area contributed by atoms with Crippen molar-refractivity contribution in [3.63, 3.8) is 0 Å². The number of carboxylic acid groups (broad SMARTS) is 1. The van der Waals surface area contributed by atoms with Gasteiger partial charge in [-0.05, 0) is 17.7 Å². The first-order valence-corrected chi connectivity index (χ1v) is 4.50. The van der Waals surface area contributed by atoms with Crippen molar-refractivity contribution < 1.29 is 14.6 Å². The maximum absolute atomic E-state index is 10.6. The third-order valence-electron chi connectivity index (χ3n) is 1.70. The summed E-state index contributed by atoms with van der Waals surface area (Å²) >= 11 is 11.4. The minimum absolute atomic E-state index is 0.285. The molecule has 0 N–H and O–H groups in total. The number of methoxy groups -OCH3 is 1. The lowest BCUT2D eigenvalue weighted by molar-refractivity contribution is -0.316. The summed E-state index contributed by atoms with van der Waals surface area (Å²) < 4.78 is 4.73. The van der Waals surface area contributed by atoms with Crippen LogP contribution in [0.2, 0.25) is 10.0 Å². The zero-order chi connectivity index (χ0) is 10.7. The van der Waals surface area contributed by atoms with E-state index < -0.39 is 12.1 Å². The standard InChI is InChI=1S/C9H8Cl2O3/c1-14-8(9(12)13)5-2-3-6(10)7(11)4-5/h2-4,8H,1H3,(H,12,13)/p-1/t8-/m0/s1. The molecule has 0 aliphatic rings. The monoisotopic (exact) mass is 233 g/mol. The Bertz CT molecular complexity index is 352. The Hall–Kier alpha value is -0.770. The molecule has 0 bridgehead atoms. The van der Waals surface area contributed by atoms with E-state index in [0.717, 1.165) is 0 Å². The van der Waals surface area contributed by atoms with E-state index in [1.165, 1.54) is 25.3 Å². The Morgan fingerprint density at radius 2 is 2.07 bits per heavy atom. The number of carbonyl (C=O) groups is 1. The Kier molecular flexibility index (Phi) is 3.75. The van der Waals surface area contributed by atoms with E-state index in [1.54, 1.807) is 0 Å². The highest BCUT2D eigenvalue weighted by molar-refractivity contribution is 6.42. The average Bonchev–Trinajstić information content (AvgIpc) is 2.11. The van der Waals surface area contributed by atoms with E-state index in [2.05, 4.69) is 0 Å². The van der Waals surface area contributed by atoms with Gasteiger partial charge >= 0.3 is 0 Å². The van der Waals surface area contributed by atoms with Crippen molar-refractivity contribution >= 4 is 29.2 Å². The van der Waals surface area contributed by atoms with Crippen LogP contribution < -0.4 is 5.11 Å². The van der Waals surface area contributed by atoms with Crippen molar-refractivity contribution in [1.82, 2.24) is 0 Å². The van der Waals surface area contributed by atoms with E-state index in [0.29, 0.717) is 10.6 Å². The molecule has 14 heavy (non-hydrogen) atoms. The summed E-state index contributed by atoms with van der Waals surface area (Å²) in [5, 5.41) is 11.3. The van der Waals surface area contributed by atoms with Crippen molar-refractivity contribution in [2.24, 2.45) is 0 Å². The Labute approximate surface area is 91.2 Å². The van der Waals surface area contributed by atoms with Crippen LogP contribution in [0.4, 0.5) is 0 Å². The number of hydrogen-bond donors (Lipinski definition) is 0. The van der Waals surface area contributed by atoms with Gasteiger partial charge < -0.3 is 14.6 Å². The number of aliphatic carboxylic acids is 1. The molecule has 1 aromatic carbocycles. The van der Waals surface area contributed by atoms with E-state index in [1.807, 2.05) is 0 Å². The number of carbonyl (C=O) groups excluding carboxylic acids is 1. The van der Waals surface area contributed by atoms with Gasteiger partial charge in [-0.1, -0.05) is 29.3 Å². The Balaban J connectivity index is 3.06.